The van der Waals surface area contributed by atoms with Gasteiger partial charge >= 0.3 is 0 Å². The lowest BCUT2D eigenvalue weighted by atomic mass is 10.1. The Morgan fingerprint density at radius 1 is 1.36 bits per heavy atom. The van der Waals surface area contributed by atoms with E-state index in [1.54, 1.807) is 11.3 Å². The lowest BCUT2D eigenvalue weighted by molar-refractivity contribution is -0.120. The van der Waals surface area contributed by atoms with Crippen LogP contribution in [-0.4, -0.2) is 27.6 Å². The van der Waals surface area contributed by atoms with Crippen molar-refractivity contribution >= 4 is 28.1 Å². The van der Waals surface area contributed by atoms with Crippen LogP contribution in [0, 0.1) is 0 Å². The van der Waals surface area contributed by atoms with Crippen LogP contribution >= 0.6 is 11.3 Å². The molecule has 1 amide bonds. The van der Waals surface area contributed by atoms with E-state index in [1.165, 1.54) is 0 Å². The molecule has 0 aliphatic rings. The van der Waals surface area contributed by atoms with Gasteiger partial charge in [-0.1, -0.05) is 25.1 Å². The first-order valence-corrected chi connectivity index (χ1v) is 8.26. The maximum atomic E-state index is 12.0. The Hall–Kier alpha value is -2.21. The highest BCUT2D eigenvalue weighted by molar-refractivity contribution is 7.09. The van der Waals surface area contributed by atoms with E-state index in [2.05, 4.69) is 32.8 Å². The minimum Gasteiger partial charge on any atom is -0.355 e. The predicted octanol–water partition coefficient (Wildman–Crippen LogP) is 2.48. The fourth-order valence-electron chi connectivity index (χ4n) is 2.33. The molecule has 1 aromatic carbocycles. The smallest absolute Gasteiger partial charge is 0.226 e. The number of para-hydroxylation sites is 1. The van der Waals surface area contributed by atoms with Crippen LogP contribution in [0.4, 0.5) is 0 Å². The molecule has 22 heavy (non-hydrogen) atoms. The Morgan fingerprint density at radius 2 is 2.23 bits per heavy atom. The Bertz CT molecular complexity index is 777. The maximum Gasteiger partial charge on any atom is 0.226 e. The van der Waals surface area contributed by atoms with Gasteiger partial charge in [0.2, 0.25) is 5.91 Å². The third-order valence-corrected chi connectivity index (χ3v) is 4.52. The second kappa shape index (κ2) is 6.70. The molecular weight excluding hydrogens is 296 g/mol. The molecular formula is C16H18N4OS. The van der Waals surface area contributed by atoms with Crippen molar-refractivity contribution < 1.29 is 4.79 Å². The van der Waals surface area contributed by atoms with Gasteiger partial charge in [-0.25, -0.2) is 4.98 Å². The lowest BCUT2D eigenvalue weighted by Gasteiger charge is -2.03. The first-order valence-electron chi connectivity index (χ1n) is 7.38. The van der Waals surface area contributed by atoms with Gasteiger partial charge in [0.1, 0.15) is 0 Å². The van der Waals surface area contributed by atoms with Crippen molar-refractivity contribution in [3.63, 3.8) is 0 Å². The molecule has 114 valence electrons. The molecule has 2 heterocycles. The number of hydrogen-bond donors (Lipinski definition) is 2. The van der Waals surface area contributed by atoms with E-state index in [0.29, 0.717) is 13.0 Å². The van der Waals surface area contributed by atoms with E-state index in [1.807, 2.05) is 24.3 Å². The highest BCUT2D eigenvalue weighted by Gasteiger charge is 2.09. The summed E-state index contributed by atoms with van der Waals surface area (Å²) in [6, 6.07) is 7.79. The summed E-state index contributed by atoms with van der Waals surface area (Å²) in [6.45, 7) is 2.71. The number of benzene rings is 1. The van der Waals surface area contributed by atoms with Crippen LogP contribution in [0.3, 0.4) is 0 Å². The Labute approximate surface area is 132 Å². The molecule has 0 unspecified atom stereocenters. The fraction of sp³-hybridized carbons (Fsp3) is 0.312. The van der Waals surface area contributed by atoms with Crippen molar-refractivity contribution in [3.05, 3.63) is 46.0 Å². The van der Waals surface area contributed by atoms with E-state index in [0.717, 1.165) is 40.1 Å². The molecule has 5 nitrogen and oxygen atoms in total. The van der Waals surface area contributed by atoms with Crippen LogP contribution in [0.1, 0.15) is 23.3 Å². The molecule has 0 aliphatic heterocycles. The van der Waals surface area contributed by atoms with Crippen LogP contribution in [0.2, 0.25) is 0 Å². The van der Waals surface area contributed by atoms with Gasteiger partial charge < -0.3 is 5.32 Å². The average Bonchev–Trinajstić information content (AvgIpc) is 3.15. The SMILES string of the molecule is CCc1nc(CCNC(=O)Cc2[nH]nc3ccccc23)cs1. The van der Waals surface area contributed by atoms with Gasteiger partial charge in [0.05, 0.1) is 28.3 Å². The minimum absolute atomic E-state index is 0.000322. The molecule has 6 heteroatoms. The number of aromatic nitrogens is 3. The van der Waals surface area contributed by atoms with Crippen molar-refractivity contribution in [2.75, 3.05) is 6.54 Å². The van der Waals surface area contributed by atoms with Gasteiger partial charge in [-0.3, -0.25) is 9.89 Å². The Kier molecular flexibility index (Phi) is 4.48. The molecule has 0 saturated carbocycles. The Morgan fingerprint density at radius 3 is 3.05 bits per heavy atom. The first-order chi connectivity index (χ1) is 10.8. The molecule has 2 aromatic heterocycles. The number of fused-ring (bicyclic) bond motifs is 1. The number of rotatable bonds is 6. The number of aromatic amines is 1. The summed E-state index contributed by atoms with van der Waals surface area (Å²) in [7, 11) is 0. The van der Waals surface area contributed by atoms with Crippen LogP contribution in [-0.2, 0) is 24.1 Å². The topological polar surface area (TPSA) is 70.7 Å². The zero-order chi connectivity index (χ0) is 15.4. The maximum absolute atomic E-state index is 12.0. The van der Waals surface area contributed by atoms with E-state index >= 15 is 0 Å². The summed E-state index contributed by atoms with van der Waals surface area (Å²) < 4.78 is 0. The summed E-state index contributed by atoms with van der Waals surface area (Å²) in [5.74, 6) is 0.000322. The summed E-state index contributed by atoms with van der Waals surface area (Å²) in [6.07, 6.45) is 2.05. The molecule has 3 aromatic rings. The number of thiazole rings is 1. The van der Waals surface area contributed by atoms with Gasteiger partial charge in [-0.05, 0) is 12.5 Å². The Balaban J connectivity index is 1.52. The number of carbonyl (C=O) groups excluding carboxylic acids is 1. The average molecular weight is 314 g/mol. The third kappa shape index (κ3) is 3.33. The number of carbonyl (C=O) groups is 1. The normalized spacial score (nSPS) is 11.0. The van der Waals surface area contributed by atoms with Crippen LogP contribution in [0.25, 0.3) is 10.9 Å². The third-order valence-electron chi connectivity index (χ3n) is 3.48. The number of nitrogens with zero attached hydrogens (tertiary/aromatic N) is 2. The summed E-state index contributed by atoms with van der Waals surface area (Å²) in [5.41, 5.74) is 2.80. The van der Waals surface area contributed by atoms with E-state index in [9.17, 15) is 4.79 Å². The van der Waals surface area contributed by atoms with Crippen molar-refractivity contribution in [2.45, 2.75) is 26.2 Å². The second-order valence-corrected chi connectivity index (χ2v) is 6.02. The molecule has 3 rings (SSSR count). The summed E-state index contributed by atoms with van der Waals surface area (Å²) in [4.78, 5) is 16.5. The van der Waals surface area contributed by atoms with Crippen molar-refractivity contribution in [1.29, 1.82) is 0 Å². The molecule has 0 spiro atoms. The quantitative estimate of drug-likeness (QED) is 0.734. The van der Waals surface area contributed by atoms with Gasteiger partial charge in [-0.2, -0.15) is 5.10 Å². The van der Waals surface area contributed by atoms with Crippen LogP contribution < -0.4 is 5.32 Å². The number of nitrogens with one attached hydrogen (secondary N) is 2. The van der Waals surface area contributed by atoms with E-state index in [4.69, 9.17) is 0 Å². The van der Waals surface area contributed by atoms with Crippen molar-refractivity contribution in [2.24, 2.45) is 0 Å². The number of aryl methyl sites for hydroxylation is 1. The number of amides is 1. The summed E-state index contributed by atoms with van der Waals surface area (Å²) in [5, 5.41) is 14.3. The first kappa shape index (κ1) is 14.7. The standard InChI is InChI=1S/C16H18N4OS/c1-2-16-18-11(10-22-16)7-8-17-15(21)9-14-12-5-3-4-6-13(12)19-20-14/h3-6,10H,2,7-9H2,1H3,(H,17,21)(H,19,20). The molecule has 0 aliphatic carbocycles. The van der Waals surface area contributed by atoms with Gasteiger partial charge in [0.15, 0.2) is 0 Å². The highest BCUT2D eigenvalue weighted by Crippen LogP contribution is 2.15. The second-order valence-electron chi connectivity index (χ2n) is 5.08. The molecule has 0 radical (unpaired) electrons. The van der Waals surface area contributed by atoms with Crippen molar-refractivity contribution in [3.8, 4) is 0 Å². The zero-order valence-corrected chi connectivity index (χ0v) is 13.2. The van der Waals surface area contributed by atoms with Gasteiger partial charge in [-0.15, -0.1) is 11.3 Å². The van der Waals surface area contributed by atoms with Gasteiger partial charge in [0, 0.05) is 23.7 Å². The molecule has 0 saturated heterocycles. The van der Waals surface area contributed by atoms with Crippen molar-refractivity contribution in [1.82, 2.24) is 20.5 Å². The largest absolute Gasteiger partial charge is 0.355 e. The van der Waals surface area contributed by atoms with E-state index < -0.39 is 0 Å². The lowest BCUT2D eigenvalue weighted by Crippen LogP contribution is -2.27. The highest BCUT2D eigenvalue weighted by atomic mass is 32.1. The van der Waals surface area contributed by atoms with Crippen LogP contribution in [0.15, 0.2) is 29.6 Å². The predicted molar refractivity (Wildman–Crippen MR) is 88.0 cm³/mol. The molecule has 0 bridgehead atoms. The van der Waals surface area contributed by atoms with E-state index in [-0.39, 0.29) is 5.91 Å². The van der Waals surface area contributed by atoms with Gasteiger partial charge in [0.25, 0.3) is 0 Å². The minimum atomic E-state index is 0.000322. The molecule has 0 atom stereocenters. The molecule has 2 N–H and O–H groups in total. The number of hydrogen-bond acceptors (Lipinski definition) is 4. The fourth-order valence-corrected chi connectivity index (χ4v) is 3.11. The molecule has 0 fully saturated rings. The zero-order valence-electron chi connectivity index (χ0n) is 12.4. The van der Waals surface area contributed by atoms with Crippen LogP contribution in [0.5, 0.6) is 0 Å². The number of H-pyrrole nitrogens is 1. The monoisotopic (exact) mass is 314 g/mol. The summed E-state index contributed by atoms with van der Waals surface area (Å²) >= 11 is 1.68.